The average Bonchev–Trinajstić information content (AvgIpc) is 2.98. The predicted octanol–water partition coefficient (Wildman–Crippen LogP) is 0.653. The van der Waals surface area contributed by atoms with E-state index in [9.17, 15) is 8.42 Å². The summed E-state index contributed by atoms with van der Waals surface area (Å²) in [5, 5.41) is 7.44. The molecule has 0 amide bonds. The van der Waals surface area contributed by atoms with Crippen molar-refractivity contribution >= 4 is 9.84 Å². The van der Waals surface area contributed by atoms with Crippen LogP contribution in [0.1, 0.15) is 11.4 Å². The van der Waals surface area contributed by atoms with Gasteiger partial charge in [0.25, 0.3) is 0 Å². The fraction of sp³-hybridized carbons (Fsp3) is 0.154. The lowest BCUT2D eigenvalue weighted by Gasteiger charge is -2.00. The monoisotopic (exact) mass is 316 g/mol. The van der Waals surface area contributed by atoms with Gasteiger partial charge in [-0.2, -0.15) is 0 Å². The van der Waals surface area contributed by atoms with E-state index in [1.165, 1.54) is 23.5 Å². The molecule has 0 bridgehead atoms. The van der Waals surface area contributed by atoms with Crippen molar-refractivity contribution in [2.45, 2.75) is 23.4 Å². The summed E-state index contributed by atoms with van der Waals surface area (Å²) in [4.78, 5) is 11.8. The number of hydrogen-bond donors (Lipinski definition) is 0. The van der Waals surface area contributed by atoms with E-state index in [4.69, 9.17) is 0 Å². The van der Waals surface area contributed by atoms with Crippen molar-refractivity contribution in [3.8, 4) is 0 Å². The van der Waals surface area contributed by atoms with Crippen LogP contribution in [0, 0.1) is 6.92 Å². The molecule has 112 valence electrons. The number of rotatable bonds is 4. The Morgan fingerprint density at radius 3 is 2.45 bits per heavy atom. The zero-order valence-electron chi connectivity index (χ0n) is 11.7. The van der Waals surface area contributed by atoms with Crippen LogP contribution in [-0.4, -0.2) is 38.4 Å². The SMILES string of the molecule is Cc1ccc(S(=O)(=O)c2cn(Cc3ncncn3)nn2)cc1. The molecule has 0 saturated heterocycles. The summed E-state index contributed by atoms with van der Waals surface area (Å²) < 4.78 is 26.3. The largest absolute Gasteiger partial charge is 0.243 e. The zero-order valence-corrected chi connectivity index (χ0v) is 12.5. The van der Waals surface area contributed by atoms with Gasteiger partial charge < -0.3 is 0 Å². The van der Waals surface area contributed by atoms with Crippen LogP contribution in [0.3, 0.4) is 0 Å². The van der Waals surface area contributed by atoms with Gasteiger partial charge in [-0.25, -0.2) is 28.1 Å². The maximum absolute atomic E-state index is 12.5. The van der Waals surface area contributed by atoms with Crippen molar-refractivity contribution in [2.75, 3.05) is 0 Å². The van der Waals surface area contributed by atoms with Gasteiger partial charge >= 0.3 is 0 Å². The highest BCUT2D eigenvalue weighted by Gasteiger charge is 2.21. The molecule has 3 rings (SSSR count). The second-order valence-corrected chi connectivity index (χ2v) is 6.52. The Morgan fingerprint density at radius 1 is 1.09 bits per heavy atom. The van der Waals surface area contributed by atoms with E-state index in [0.717, 1.165) is 5.56 Å². The molecular weight excluding hydrogens is 304 g/mol. The van der Waals surface area contributed by atoms with Crippen molar-refractivity contribution in [2.24, 2.45) is 0 Å². The van der Waals surface area contributed by atoms with Gasteiger partial charge in [-0.05, 0) is 19.1 Å². The molecule has 0 aliphatic carbocycles. The molecule has 0 aliphatic heterocycles. The third-order valence-corrected chi connectivity index (χ3v) is 4.60. The van der Waals surface area contributed by atoms with Crippen LogP contribution in [0.15, 0.2) is 53.0 Å². The van der Waals surface area contributed by atoms with Crippen LogP contribution in [0.2, 0.25) is 0 Å². The van der Waals surface area contributed by atoms with E-state index in [-0.39, 0.29) is 16.5 Å². The molecule has 1 aromatic carbocycles. The number of sulfone groups is 1. The Bertz CT molecular complexity index is 874. The van der Waals surface area contributed by atoms with Gasteiger partial charge in [0.15, 0.2) is 5.82 Å². The molecule has 0 aliphatic rings. The first-order chi connectivity index (χ1) is 10.6. The minimum absolute atomic E-state index is 0.106. The van der Waals surface area contributed by atoms with Gasteiger partial charge in [0, 0.05) is 0 Å². The molecule has 9 heteroatoms. The van der Waals surface area contributed by atoms with E-state index < -0.39 is 9.84 Å². The summed E-state index contributed by atoms with van der Waals surface area (Å²) in [6.07, 6.45) is 4.09. The molecule has 2 aromatic heterocycles. The molecule has 0 atom stereocenters. The van der Waals surface area contributed by atoms with E-state index >= 15 is 0 Å². The second-order valence-electron chi connectivity index (χ2n) is 4.63. The Morgan fingerprint density at radius 2 is 1.77 bits per heavy atom. The molecule has 8 nitrogen and oxygen atoms in total. The Labute approximate surface area is 126 Å². The fourth-order valence-corrected chi connectivity index (χ4v) is 2.95. The zero-order chi connectivity index (χ0) is 15.6. The lowest BCUT2D eigenvalue weighted by molar-refractivity contribution is 0.591. The van der Waals surface area contributed by atoms with Gasteiger partial charge in [-0.15, -0.1) is 5.10 Å². The molecule has 2 heterocycles. The number of hydrogen-bond acceptors (Lipinski definition) is 7. The fourth-order valence-electron chi connectivity index (χ4n) is 1.81. The van der Waals surface area contributed by atoms with Crippen LogP contribution < -0.4 is 0 Å². The van der Waals surface area contributed by atoms with E-state index in [1.807, 2.05) is 6.92 Å². The third-order valence-electron chi connectivity index (χ3n) is 2.97. The van der Waals surface area contributed by atoms with Gasteiger partial charge in [0.05, 0.1) is 11.1 Å². The number of benzene rings is 1. The van der Waals surface area contributed by atoms with Gasteiger partial charge in [0.1, 0.15) is 19.2 Å². The van der Waals surface area contributed by atoms with Crippen molar-refractivity contribution in [1.82, 2.24) is 29.9 Å². The van der Waals surface area contributed by atoms with Crippen LogP contribution in [0.25, 0.3) is 0 Å². The van der Waals surface area contributed by atoms with E-state index in [1.54, 1.807) is 24.3 Å². The van der Waals surface area contributed by atoms with Crippen LogP contribution in [0.5, 0.6) is 0 Å². The van der Waals surface area contributed by atoms with Gasteiger partial charge in [0.2, 0.25) is 14.9 Å². The van der Waals surface area contributed by atoms with Crippen molar-refractivity contribution in [3.63, 3.8) is 0 Å². The molecule has 0 radical (unpaired) electrons. The molecule has 0 unspecified atom stereocenters. The highest BCUT2D eigenvalue weighted by atomic mass is 32.2. The summed E-state index contributed by atoms with van der Waals surface area (Å²) >= 11 is 0. The van der Waals surface area contributed by atoms with Crippen molar-refractivity contribution < 1.29 is 8.42 Å². The maximum Gasteiger partial charge on any atom is 0.227 e. The molecule has 0 N–H and O–H groups in total. The number of aromatic nitrogens is 6. The topological polar surface area (TPSA) is 104 Å². The first-order valence-electron chi connectivity index (χ1n) is 6.38. The van der Waals surface area contributed by atoms with Gasteiger partial charge in [-0.1, -0.05) is 22.9 Å². The minimum atomic E-state index is -3.67. The van der Waals surface area contributed by atoms with E-state index in [0.29, 0.717) is 5.82 Å². The Kier molecular flexibility index (Phi) is 3.63. The van der Waals surface area contributed by atoms with Crippen molar-refractivity contribution in [1.29, 1.82) is 0 Å². The first kappa shape index (κ1) is 14.3. The number of aryl methyl sites for hydroxylation is 1. The molecule has 3 aromatic rings. The standard InChI is InChI=1S/C13H12N6O2S/c1-10-2-4-11(5-3-10)22(20,21)13-7-19(18-17-13)6-12-15-8-14-9-16-12/h2-5,7-9H,6H2,1H3. The summed E-state index contributed by atoms with van der Waals surface area (Å²) in [7, 11) is -3.67. The normalized spacial score (nSPS) is 11.5. The molecular formula is C13H12N6O2S. The highest BCUT2D eigenvalue weighted by Crippen LogP contribution is 2.18. The number of nitrogens with zero attached hydrogens (tertiary/aromatic N) is 6. The Balaban J connectivity index is 1.88. The average molecular weight is 316 g/mol. The van der Waals surface area contributed by atoms with Crippen LogP contribution >= 0.6 is 0 Å². The molecule has 22 heavy (non-hydrogen) atoms. The minimum Gasteiger partial charge on any atom is -0.243 e. The quantitative estimate of drug-likeness (QED) is 0.696. The van der Waals surface area contributed by atoms with Crippen LogP contribution in [0.4, 0.5) is 0 Å². The van der Waals surface area contributed by atoms with Crippen LogP contribution in [-0.2, 0) is 16.4 Å². The maximum atomic E-state index is 12.5. The van der Waals surface area contributed by atoms with Gasteiger partial charge in [-0.3, -0.25) is 0 Å². The molecule has 0 spiro atoms. The highest BCUT2D eigenvalue weighted by molar-refractivity contribution is 7.91. The third kappa shape index (κ3) is 2.84. The predicted molar refractivity (Wildman–Crippen MR) is 75.6 cm³/mol. The second kappa shape index (κ2) is 5.60. The summed E-state index contributed by atoms with van der Waals surface area (Å²) in [5.74, 6) is 0.471. The smallest absolute Gasteiger partial charge is 0.227 e. The van der Waals surface area contributed by atoms with E-state index in [2.05, 4.69) is 25.3 Å². The summed E-state index contributed by atoms with van der Waals surface area (Å²) in [6, 6.07) is 6.58. The lowest BCUT2D eigenvalue weighted by atomic mass is 10.2. The van der Waals surface area contributed by atoms with Crippen molar-refractivity contribution in [3.05, 3.63) is 54.5 Å². The lowest BCUT2D eigenvalue weighted by Crippen LogP contribution is -2.05. The Hall–Kier alpha value is -2.68. The first-order valence-corrected chi connectivity index (χ1v) is 7.87. The molecule has 0 fully saturated rings. The summed E-state index contributed by atoms with van der Waals surface area (Å²) in [5.41, 5.74) is 0.984. The summed E-state index contributed by atoms with van der Waals surface area (Å²) in [6.45, 7) is 2.11. The molecule has 0 saturated carbocycles.